The topological polar surface area (TPSA) is 35.2 Å². The molecule has 1 atom stereocenters. The van der Waals surface area contributed by atoms with Gasteiger partial charge in [0.05, 0.1) is 12.7 Å². The summed E-state index contributed by atoms with van der Waals surface area (Å²) >= 11 is 4.94. The first kappa shape index (κ1) is 13.1. The lowest BCUT2D eigenvalue weighted by molar-refractivity contribution is 0.0472. The second-order valence-corrected chi connectivity index (χ2v) is 4.41. The number of ether oxygens (including phenoxy) is 1. The molecule has 0 aromatic heterocycles. The zero-order valence-electron chi connectivity index (χ0n) is 9.90. The van der Waals surface area contributed by atoms with E-state index in [-0.39, 0.29) is 0 Å². The Labute approximate surface area is 103 Å². The molecule has 0 saturated heterocycles. The van der Waals surface area contributed by atoms with Crippen molar-refractivity contribution in [2.45, 2.75) is 39.4 Å². The average molecular weight is 237 g/mol. The molecule has 0 spiro atoms. The van der Waals surface area contributed by atoms with Crippen LogP contribution >= 0.6 is 12.2 Å². The van der Waals surface area contributed by atoms with Crippen LogP contribution in [0.15, 0.2) is 24.3 Å². The van der Waals surface area contributed by atoms with Gasteiger partial charge in [0.2, 0.25) is 0 Å². The summed E-state index contributed by atoms with van der Waals surface area (Å²) in [5.74, 6) is 0. The molecular weight excluding hydrogens is 218 g/mol. The molecule has 0 radical (unpaired) electrons. The van der Waals surface area contributed by atoms with E-state index in [4.69, 9.17) is 22.7 Å². The second-order valence-electron chi connectivity index (χ2n) is 3.97. The van der Waals surface area contributed by atoms with Crippen LogP contribution in [0.3, 0.4) is 0 Å². The monoisotopic (exact) mass is 237 g/mol. The summed E-state index contributed by atoms with van der Waals surface area (Å²) in [7, 11) is 0. The SMILES string of the molecule is CCCC(C)OCc1cccc(C(N)=S)c1. The molecule has 0 saturated carbocycles. The molecule has 1 aromatic rings. The molecule has 0 amide bonds. The molecule has 2 nitrogen and oxygen atoms in total. The summed E-state index contributed by atoms with van der Waals surface area (Å²) in [5.41, 5.74) is 7.60. The van der Waals surface area contributed by atoms with E-state index < -0.39 is 0 Å². The van der Waals surface area contributed by atoms with E-state index in [1.54, 1.807) is 0 Å². The Balaban J connectivity index is 2.54. The highest BCUT2D eigenvalue weighted by Gasteiger charge is 2.02. The summed E-state index contributed by atoms with van der Waals surface area (Å²) in [5, 5.41) is 0. The maximum absolute atomic E-state index is 5.72. The second kappa shape index (κ2) is 6.61. The van der Waals surface area contributed by atoms with Crippen LogP contribution in [-0.2, 0) is 11.3 Å². The number of thiocarbonyl (C=S) groups is 1. The van der Waals surface area contributed by atoms with Crippen LogP contribution in [0.1, 0.15) is 37.8 Å². The summed E-state index contributed by atoms with van der Waals surface area (Å²) in [6.45, 7) is 4.88. The lowest BCUT2D eigenvalue weighted by Crippen LogP contribution is -2.11. The number of hydrogen-bond acceptors (Lipinski definition) is 2. The van der Waals surface area contributed by atoms with Crippen molar-refractivity contribution in [2.24, 2.45) is 5.73 Å². The summed E-state index contributed by atoms with van der Waals surface area (Å²) in [6, 6.07) is 7.89. The van der Waals surface area contributed by atoms with E-state index in [0.717, 1.165) is 24.0 Å². The van der Waals surface area contributed by atoms with Gasteiger partial charge in [-0.15, -0.1) is 0 Å². The van der Waals surface area contributed by atoms with Crippen LogP contribution in [0.25, 0.3) is 0 Å². The zero-order chi connectivity index (χ0) is 12.0. The predicted molar refractivity (Wildman–Crippen MR) is 71.5 cm³/mol. The quantitative estimate of drug-likeness (QED) is 0.772. The van der Waals surface area contributed by atoms with Gasteiger partial charge >= 0.3 is 0 Å². The van der Waals surface area contributed by atoms with Gasteiger partial charge in [-0.2, -0.15) is 0 Å². The molecule has 1 rings (SSSR count). The fraction of sp³-hybridized carbons (Fsp3) is 0.462. The van der Waals surface area contributed by atoms with Crippen LogP contribution in [0.5, 0.6) is 0 Å². The smallest absolute Gasteiger partial charge is 0.103 e. The van der Waals surface area contributed by atoms with Crippen molar-refractivity contribution in [3.05, 3.63) is 35.4 Å². The van der Waals surface area contributed by atoms with Gasteiger partial charge in [0.1, 0.15) is 4.99 Å². The van der Waals surface area contributed by atoms with Crippen LogP contribution in [-0.4, -0.2) is 11.1 Å². The molecular formula is C13H19NOS. The Morgan fingerprint density at radius 2 is 2.25 bits per heavy atom. The zero-order valence-corrected chi connectivity index (χ0v) is 10.7. The molecule has 3 heteroatoms. The molecule has 1 aromatic carbocycles. The maximum atomic E-state index is 5.72. The molecule has 1 unspecified atom stereocenters. The third kappa shape index (κ3) is 4.29. The van der Waals surface area contributed by atoms with Gasteiger partial charge < -0.3 is 10.5 Å². The molecule has 0 fully saturated rings. The minimum Gasteiger partial charge on any atom is -0.389 e. The highest BCUT2D eigenvalue weighted by molar-refractivity contribution is 7.80. The van der Waals surface area contributed by atoms with Crippen molar-refractivity contribution in [3.63, 3.8) is 0 Å². The van der Waals surface area contributed by atoms with E-state index in [1.165, 1.54) is 0 Å². The number of hydrogen-bond donors (Lipinski definition) is 1. The van der Waals surface area contributed by atoms with E-state index in [0.29, 0.717) is 17.7 Å². The van der Waals surface area contributed by atoms with Gasteiger partial charge in [0.15, 0.2) is 0 Å². The maximum Gasteiger partial charge on any atom is 0.103 e. The molecule has 0 bridgehead atoms. The van der Waals surface area contributed by atoms with Gasteiger partial charge in [-0.25, -0.2) is 0 Å². The first-order valence-corrected chi connectivity index (χ1v) is 6.04. The van der Waals surface area contributed by atoms with Crippen molar-refractivity contribution in [1.82, 2.24) is 0 Å². The average Bonchev–Trinajstić information content (AvgIpc) is 2.27. The molecule has 0 aliphatic heterocycles. The van der Waals surface area contributed by atoms with Gasteiger partial charge in [0, 0.05) is 5.56 Å². The van der Waals surface area contributed by atoms with Gasteiger partial charge in [0.25, 0.3) is 0 Å². The number of benzene rings is 1. The van der Waals surface area contributed by atoms with Crippen molar-refractivity contribution < 1.29 is 4.74 Å². The lowest BCUT2D eigenvalue weighted by atomic mass is 10.1. The molecule has 16 heavy (non-hydrogen) atoms. The largest absolute Gasteiger partial charge is 0.389 e. The van der Waals surface area contributed by atoms with Gasteiger partial charge in [-0.05, 0) is 25.0 Å². The van der Waals surface area contributed by atoms with E-state index in [9.17, 15) is 0 Å². The summed E-state index contributed by atoms with van der Waals surface area (Å²) in [6.07, 6.45) is 2.54. The van der Waals surface area contributed by atoms with Gasteiger partial charge in [-0.3, -0.25) is 0 Å². The molecule has 0 aliphatic rings. The minimum atomic E-state index is 0.304. The van der Waals surface area contributed by atoms with E-state index in [2.05, 4.69) is 13.8 Å². The van der Waals surface area contributed by atoms with Crippen LogP contribution < -0.4 is 5.73 Å². The standard InChI is InChI=1S/C13H19NOS/c1-3-5-10(2)15-9-11-6-4-7-12(8-11)13(14)16/h4,6-8,10H,3,5,9H2,1-2H3,(H2,14,16). The Morgan fingerprint density at radius 1 is 1.50 bits per heavy atom. The molecule has 2 N–H and O–H groups in total. The van der Waals surface area contributed by atoms with E-state index >= 15 is 0 Å². The third-order valence-corrected chi connectivity index (χ3v) is 2.68. The van der Waals surface area contributed by atoms with Crippen LogP contribution in [0.2, 0.25) is 0 Å². The number of nitrogens with two attached hydrogens (primary N) is 1. The predicted octanol–water partition coefficient (Wildman–Crippen LogP) is 3.03. The molecule has 0 aliphatic carbocycles. The van der Waals surface area contributed by atoms with Crippen LogP contribution in [0, 0.1) is 0 Å². The first-order valence-electron chi connectivity index (χ1n) is 5.63. The van der Waals surface area contributed by atoms with E-state index in [1.807, 2.05) is 24.3 Å². The molecule has 0 heterocycles. The number of rotatable bonds is 6. The van der Waals surface area contributed by atoms with Crippen molar-refractivity contribution >= 4 is 17.2 Å². The Morgan fingerprint density at radius 3 is 2.88 bits per heavy atom. The van der Waals surface area contributed by atoms with Crippen molar-refractivity contribution in [2.75, 3.05) is 0 Å². The summed E-state index contributed by atoms with van der Waals surface area (Å²) in [4.78, 5) is 0.434. The first-order chi connectivity index (χ1) is 7.63. The molecule has 88 valence electrons. The fourth-order valence-corrected chi connectivity index (χ4v) is 1.67. The lowest BCUT2D eigenvalue weighted by Gasteiger charge is -2.12. The summed E-state index contributed by atoms with van der Waals surface area (Å²) < 4.78 is 5.72. The third-order valence-electron chi connectivity index (χ3n) is 2.44. The highest BCUT2D eigenvalue weighted by atomic mass is 32.1. The normalized spacial score (nSPS) is 12.4. The fourth-order valence-electron chi connectivity index (χ4n) is 1.54. The Hall–Kier alpha value is -0.930. The van der Waals surface area contributed by atoms with Gasteiger partial charge in [-0.1, -0.05) is 43.8 Å². The minimum absolute atomic E-state index is 0.304. The van der Waals surface area contributed by atoms with Crippen molar-refractivity contribution in [1.29, 1.82) is 0 Å². The Kier molecular flexibility index (Phi) is 5.43. The van der Waals surface area contributed by atoms with Crippen LogP contribution in [0.4, 0.5) is 0 Å². The Bertz CT molecular complexity index is 352. The van der Waals surface area contributed by atoms with Crippen molar-refractivity contribution in [3.8, 4) is 0 Å². The highest BCUT2D eigenvalue weighted by Crippen LogP contribution is 2.09.